The molecule has 2 unspecified atom stereocenters. The lowest BCUT2D eigenvalue weighted by Gasteiger charge is -2.40. The molecule has 0 bridgehead atoms. The highest BCUT2D eigenvalue weighted by Gasteiger charge is 2.44. The van der Waals surface area contributed by atoms with Crippen LogP contribution < -0.4 is 0 Å². The minimum absolute atomic E-state index is 0.00471. The summed E-state index contributed by atoms with van der Waals surface area (Å²) < 4.78 is 11.0. The van der Waals surface area contributed by atoms with Crippen LogP contribution in [0.2, 0.25) is 0 Å². The average Bonchev–Trinajstić information content (AvgIpc) is 2.73. The Bertz CT molecular complexity index is 922. The van der Waals surface area contributed by atoms with Gasteiger partial charge in [0, 0.05) is 6.42 Å². The lowest BCUT2D eigenvalue weighted by molar-refractivity contribution is -0.291. The third-order valence-corrected chi connectivity index (χ3v) is 4.90. The van der Waals surface area contributed by atoms with Crippen molar-refractivity contribution in [3.8, 4) is 23.0 Å². The molecular weight excluding hydrogens is 412 g/mol. The number of allylic oxidation sites excluding steroid dienone is 1. The second-order valence-electron chi connectivity index (χ2n) is 7.14. The standard InChI is InChI=1S/C21H24O10/c22-9-17-18(27)19(28)20(29)21(31-17)30-11(6-10-4-5-15(25)16(26)7-10)8-12-13(23)2-1-3-14(12)24/h1-5,7-8,17-29H,6,9H2/b11-8+/t17?,18-,19?,20+,21-/m1/s1. The predicted octanol–water partition coefficient (Wildman–Crippen LogP) is -0.0909. The summed E-state index contributed by atoms with van der Waals surface area (Å²) in [6.45, 7) is -0.643. The molecule has 1 aliphatic rings. The smallest absolute Gasteiger partial charge is 0.228 e. The number of phenolic OH excluding ortho intramolecular Hbond substituents is 4. The van der Waals surface area contributed by atoms with E-state index in [1.807, 2.05) is 0 Å². The molecule has 2 aromatic rings. The Morgan fingerprint density at radius 2 is 1.55 bits per heavy atom. The molecule has 1 saturated heterocycles. The summed E-state index contributed by atoms with van der Waals surface area (Å²) in [7, 11) is 0. The summed E-state index contributed by atoms with van der Waals surface area (Å²) in [5, 5.41) is 78.9. The van der Waals surface area contributed by atoms with Crippen molar-refractivity contribution >= 4 is 6.08 Å². The molecule has 8 N–H and O–H groups in total. The van der Waals surface area contributed by atoms with E-state index in [4.69, 9.17) is 9.47 Å². The first-order valence-corrected chi connectivity index (χ1v) is 9.40. The molecular formula is C21H24O10. The van der Waals surface area contributed by atoms with Crippen molar-refractivity contribution in [1.29, 1.82) is 0 Å². The van der Waals surface area contributed by atoms with Gasteiger partial charge in [0.05, 0.1) is 12.2 Å². The van der Waals surface area contributed by atoms with Crippen molar-refractivity contribution in [2.75, 3.05) is 6.61 Å². The number of ether oxygens (including phenoxy) is 2. The van der Waals surface area contributed by atoms with E-state index < -0.39 is 37.3 Å². The molecule has 1 fully saturated rings. The van der Waals surface area contributed by atoms with E-state index in [0.717, 1.165) is 0 Å². The van der Waals surface area contributed by atoms with Gasteiger partial charge < -0.3 is 50.3 Å². The molecule has 168 valence electrons. The quantitative estimate of drug-likeness (QED) is 0.225. The minimum atomic E-state index is -1.67. The van der Waals surface area contributed by atoms with Gasteiger partial charge in [-0.3, -0.25) is 0 Å². The summed E-state index contributed by atoms with van der Waals surface area (Å²) in [6.07, 6.45) is -6.36. The van der Waals surface area contributed by atoms with Crippen LogP contribution in [0.15, 0.2) is 42.2 Å². The fourth-order valence-corrected chi connectivity index (χ4v) is 3.17. The zero-order valence-corrected chi connectivity index (χ0v) is 16.2. The molecule has 1 heterocycles. The first kappa shape index (κ1) is 22.7. The Hall–Kier alpha value is -3.02. The minimum Gasteiger partial charge on any atom is -0.507 e. The normalized spacial score (nSPS) is 26.6. The average molecular weight is 436 g/mol. The van der Waals surface area contributed by atoms with Crippen molar-refractivity contribution in [2.45, 2.75) is 37.1 Å². The number of rotatable bonds is 6. The van der Waals surface area contributed by atoms with E-state index in [1.54, 1.807) is 0 Å². The summed E-state index contributed by atoms with van der Waals surface area (Å²) in [5.74, 6) is -1.20. The largest absolute Gasteiger partial charge is 0.507 e. The molecule has 10 heteroatoms. The van der Waals surface area contributed by atoms with E-state index in [9.17, 15) is 40.9 Å². The van der Waals surface area contributed by atoms with E-state index in [1.165, 1.54) is 42.5 Å². The van der Waals surface area contributed by atoms with Crippen molar-refractivity contribution in [3.63, 3.8) is 0 Å². The number of benzene rings is 2. The monoisotopic (exact) mass is 436 g/mol. The van der Waals surface area contributed by atoms with Crippen LogP contribution in [0.25, 0.3) is 6.08 Å². The molecule has 0 spiro atoms. The van der Waals surface area contributed by atoms with Gasteiger partial charge in [0.25, 0.3) is 0 Å². The highest BCUT2D eigenvalue weighted by atomic mass is 16.7. The maximum absolute atomic E-state index is 10.3. The Kier molecular flexibility index (Phi) is 6.88. The van der Waals surface area contributed by atoms with E-state index >= 15 is 0 Å². The summed E-state index contributed by atoms with van der Waals surface area (Å²) in [5.41, 5.74) is 0.464. The van der Waals surface area contributed by atoms with Gasteiger partial charge in [-0.25, -0.2) is 0 Å². The number of hydrogen-bond acceptors (Lipinski definition) is 10. The third kappa shape index (κ3) is 5.01. The predicted molar refractivity (Wildman–Crippen MR) is 106 cm³/mol. The van der Waals surface area contributed by atoms with Crippen LogP contribution in [0, 0.1) is 0 Å². The number of aliphatic hydroxyl groups is 4. The Morgan fingerprint density at radius 1 is 0.871 bits per heavy atom. The van der Waals surface area contributed by atoms with Crippen molar-refractivity contribution < 1.29 is 50.3 Å². The third-order valence-electron chi connectivity index (χ3n) is 4.90. The lowest BCUT2D eigenvalue weighted by atomic mass is 9.99. The van der Waals surface area contributed by atoms with Crippen molar-refractivity contribution in [3.05, 3.63) is 53.3 Å². The van der Waals surface area contributed by atoms with Gasteiger partial charge in [0.1, 0.15) is 41.7 Å². The molecule has 0 aromatic heterocycles. The van der Waals surface area contributed by atoms with Gasteiger partial charge in [0.2, 0.25) is 6.29 Å². The summed E-state index contributed by atoms with van der Waals surface area (Å²) in [6, 6.07) is 8.12. The number of aromatic hydroxyl groups is 4. The van der Waals surface area contributed by atoms with Crippen molar-refractivity contribution in [2.24, 2.45) is 0 Å². The van der Waals surface area contributed by atoms with Crippen LogP contribution in [0.3, 0.4) is 0 Å². The lowest BCUT2D eigenvalue weighted by Crippen LogP contribution is -2.59. The van der Waals surface area contributed by atoms with Gasteiger partial charge in [-0.2, -0.15) is 0 Å². The molecule has 3 rings (SSSR count). The highest BCUT2D eigenvalue weighted by Crippen LogP contribution is 2.32. The number of aliphatic hydroxyl groups excluding tert-OH is 4. The van der Waals surface area contributed by atoms with Gasteiger partial charge in [0.15, 0.2) is 11.5 Å². The van der Waals surface area contributed by atoms with Crippen molar-refractivity contribution in [1.82, 2.24) is 0 Å². The zero-order chi connectivity index (χ0) is 22.7. The molecule has 1 aliphatic heterocycles. The van der Waals surface area contributed by atoms with E-state index in [0.29, 0.717) is 5.56 Å². The van der Waals surface area contributed by atoms with Crippen LogP contribution in [-0.2, 0) is 15.9 Å². The van der Waals surface area contributed by atoms with E-state index in [2.05, 4.69) is 0 Å². The maximum Gasteiger partial charge on any atom is 0.228 e. The van der Waals surface area contributed by atoms with Gasteiger partial charge in [-0.15, -0.1) is 0 Å². The fourth-order valence-electron chi connectivity index (χ4n) is 3.17. The summed E-state index contributed by atoms with van der Waals surface area (Å²) in [4.78, 5) is 0. The molecule has 10 nitrogen and oxygen atoms in total. The second-order valence-corrected chi connectivity index (χ2v) is 7.14. The maximum atomic E-state index is 10.3. The molecule has 31 heavy (non-hydrogen) atoms. The fraction of sp³-hybridized carbons (Fsp3) is 0.333. The van der Waals surface area contributed by atoms with Gasteiger partial charge in [-0.1, -0.05) is 12.1 Å². The molecule has 0 amide bonds. The first-order valence-electron chi connectivity index (χ1n) is 9.40. The molecule has 5 atom stereocenters. The Labute approximate surface area is 177 Å². The van der Waals surface area contributed by atoms with Crippen LogP contribution in [0.1, 0.15) is 11.1 Å². The highest BCUT2D eigenvalue weighted by molar-refractivity contribution is 5.65. The van der Waals surface area contributed by atoms with Crippen LogP contribution in [0.4, 0.5) is 0 Å². The number of hydrogen-bond donors (Lipinski definition) is 8. The van der Waals surface area contributed by atoms with Crippen LogP contribution >= 0.6 is 0 Å². The molecule has 2 aromatic carbocycles. The van der Waals surface area contributed by atoms with Crippen LogP contribution in [0.5, 0.6) is 23.0 Å². The Balaban J connectivity index is 1.95. The second kappa shape index (κ2) is 9.41. The van der Waals surface area contributed by atoms with Gasteiger partial charge in [-0.05, 0) is 35.9 Å². The molecule has 0 radical (unpaired) electrons. The van der Waals surface area contributed by atoms with E-state index in [-0.39, 0.29) is 40.7 Å². The zero-order valence-electron chi connectivity index (χ0n) is 16.2. The summed E-state index contributed by atoms with van der Waals surface area (Å²) >= 11 is 0. The van der Waals surface area contributed by atoms with Gasteiger partial charge >= 0.3 is 0 Å². The topological polar surface area (TPSA) is 180 Å². The number of phenols is 4. The SMILES string of the molecule is OCC1O[C@@H](O/C(=C/c2c(O)cccc2O)Cc2ccc(O)c(O)c2)[C@@H](O)C(O)[C@@H]1O. The molecule has 0 saturated carbocycles. The molecule has 0 aliphatic carbocycles. The van der Waals surface area contributed by atoms with Crippen LogP contribution in [-0.4, -0.2) is 78.2 Å². The first-order chi connectivity index (χ1) is 14.7. The Morgan fingerprint density at radius 3 is 2.16 bits per heavy atom.